The highest BCUT2D eigenvalue weighted by molar-refractivity contribution is 7.10. The second kappa shape index (κ2) is 7.19. The zero-order valence-electron chi connectivity index (χ0n) is 13.7. The summed E-state index contributed by atoms with van der Waals surface area (Å²) in [6.45, 7) is 5.01. The van der Waals surface area contributed by atoms with Gasteiger partial charge in [-0.3, -0.25) is 4.79 Å². The number of hydrogen-bond donors (Lipinski definition) is 2. The molecule has 3 heterocycles. The zero-order valence-corrected chi connectivity index (χ0v) is 14.6. The largest absolute Gasteiger partial charge is 0.371 e. The SMILES string of the molecule is CCn1cccc(NC(=O)N[C@@H](C)[C@H]2OCCc3sccc32)c1=O. The number of amides is 2. The average molecular weight is 347 g/mol. The molecule has 0 aromatic carbocycles. The van der Waals surface area contributed by atoms with E-state index in [4.69, 9.17) is 4.74 Å². The van der Waals surface area contributed by atoms with Gasteiger partial charge >= 0.3 is 6.03 Å². The Morgan fingerprint density at radius 3 is 3.12 bits per heavy atom. The Morgan fingerprint density at radius 2 is 2.33 bits per heavy atom. The Kier molecular flexibility index (Phi) is 5.01. The highest BCUT2D eigenvalue weighted by Crippen LogP contribution is 2.33. The summed E-state index contributed by atoms with van der Waals surface area (Å²) in [4.78, 5) is 25.7. The average Bonchev–Trinajstić information content (AvgIpc) is 3.05. The lowest BCUT2D eigenvalue weighted by Gasteiger charge is -2.29. The maximum absolute atomic E-state index is 12.2. The van der Waals surface area contributed by atoms with Gasteiger partial charge in [-0.25, -0.2) is 4.79 Å². The number of hydrogen-bond acceptors (Lipinski definition) is 4. The van der Waals surface area contributed by atoms with Gasteiger partial charge < -0.3 is 19.9 Å². The van der Waals surface area contributed by atoms with Crippen LogP contribution in [0.3, 0.4) is 0 Å². The molecule has 2 aromatic heterocycles. The summed E-state index contributed by atoms with van der Waals surface area (Å²) in [6.07, 6.45) is 2.46. The van der Waals surface area contributed by atoms with Crippen LogP contribution in [0.4, 0.5) is 10.5 Å². The van der Waals surface area contributed by atoms with E-state index in [-0.39, 0.29) is 23.4 Å². The van der Waals surface area contributed by atoms with Crippen molar-refractivity contribution in [2.75, 3.05) is 11.9 Å². The molecule has 24 heavy (non-hydrogen) atoms. The molecule has 3 rings (SSSR count). The van der Waals surface area contributed by atoms with E-state index in [1.54, 1.807) is 34.2 Å². The first-order chi connectivity index (χ1) is 11.6. The van der Waals surface area contributed by atoms with Crippen LogP contribution in [-0.2, 0) is 17.7 Å². The van der Waals surface area contributed by atoms with Crippen LogP contribution in [0.15, 0.2) is 34.6 Å². The Morgan fingerprint density at radius 1 is 1.50 bits per heavy atom. The van der Waals surface area contributed by atoms with Crippen LogP contribution < -0.4 is 16.2 Å². The third kappa shape index (κ3) is 3.37. The summed E-state index contributed by atoms with van der Waals surface area (Å²) in [5.41, 5.74) is 1.20. The van der Waals surface area contributed by atoms with Gasteiger partial charge in [0, 0.05) is 24.0 Å². The molecule has 2 atom stereocenters. The number of carbonyl (C=O) groups excluding carboxylic acids is 1. The van der Waals surface area contributed by atoms with Crippen molar-refractivity contribution in [1.82, 2.24) is 9.88 Å². The van der Waals surface area contributed by atoms with Crippen LogP contribution in [0.2, 0.25) is 0 Å². The normalized spacial score (nSPS) is 17.8. The summed E-state index contributed by atoms with van der Waals surface area (Å²) in [5, 5.41) is 7.56. The van der Waals surface area contributed by atoms with E-state index in [0.29, 0.717) is 13.2 Å². The minimum Gasteiger partial charge on any atom is -0.371 e. The number of aryl methyl sites for hydroxylation is 1. The molecular weight excluding hydrogens is 326 g/mol. The second-order valence-corrected chi connectivity index (χ2v) is 6.74. The Bertz CT molecular complexity index is 783. The molecule has 128 valence electrons. The molecule has 0 saturated heterocycles. The van der Waals surface area contributed by atoms with E-state index in [1.165, 1.54) is 4.88 Å². The molecule has 2 aromatic rings. The van der Waals surface area contributed by atoms with Crippen LogP contribution in [-0.4, -0.2) is 23.2 Å². The first-order valence-corrected chi connectivity index (χ1v) is 8.93. The van der Waals surface area contributed by atoms with Gasteiger partial charge in [0.2, 0.25) is 0 Å². The maximum Gasteiger partial charge on any atom is 0.319 e. The van der Waals surface area contributed by atoms with Gasteiger partial charge in [-0.05, 0) is 43.0 Å². The number of aromatic nitrogens is 1. The standard InChI is InChI=1S/C17H21N3O3S/c1-3-20-8-4-5-13(16(20)21)19-17(22)18-11(2)15-12-7-10-24-14(12)6-9-23-15/h4-5,7-8,10-11,15H,3,6,9H2,1-2H3,(H2,18,19,22)/t11-,15+/m0/s1. The van der Waals surface area contributed by atoms with Crippen LogP contribution >= 0.6 is 11.3 Å². The van der Waals surface area contributed by atoms with Gasteiger partial charge in [0.05, 0.1) is 12.6 Å². The number of urea groups is 1. The second-order valence-electron chi connectivity index (χ2n) is 5.74. The number of thiophene rings is 1. The van der Waals surface area contributed by atoms with Crippen molar-refractivity contribution in [3.8, 4) is 0 Å². The number of carbonyl (C=O) groups is 1. The van der Waals surface area contributed by atoms with Gasteiger partial charge in [-0.1, -0.05) is 0 Å². The Labute approximate surface area is 144 Å². The number of anilines is 1. The molecule has 2 N–H and O–H groups in total. The third-order valence-electron chi connectivity index (χ3n) is 4.13. The van der Waals surface area contributed by atoms with E-state index < -0.39 is 6.03 Å². The molecule has 0 fully saturated rings. The van der Waals surface area contributed by atoms with Gasteiger partial charge in [0.1, 0.15) is 11.8 Å². The quantitative estimate of drug-likeness (QED) is 0.893. The summed E-state index contributed by atoms with van der Waals surface area (Å²) >= 11 is 1.72. The van der Waals surface area contributed by atoms with E-state index in [9.17, 15) is 9.59 Å². The Hall–Kier alpha value is -2.12. The number of rotatable bonds is 4. The fraction of sp³-hybridized carbons (Fsp3) is 0.412. The molecule has 0 radical (unpaired) electrons. The van der Waals surface area contributed by atoms with E-state index in [1.807, 2.05) is 13.8 Å². The molecule has 0 unspecified atom stereocenters. The fourth-order valence-electron chi connectivity index (χ4n) is 2.91. The molecule has 0 bridgehead atoms. The monoisotopic (exact) mass is 347 g/mol. The minimum atomic E-state index is -0.403. The summed E-state index contributed by atoms with van der Waals surface area (Å²) < 4.78 is 7.38. The number of nitrogens with zero attached hydrogens (tertiary/aromatic N) is 1. The van der Waals surface area contributed by atoms with Gasteiger partial charge in [-0.2, -0.15) is 0 Å². The summed E-state index contributed by atoms with van der Waals surface area (Å²) in [5.74, 6) is 0. The molecule has 7 heteroatoms. The van der Waals surface area contributed by atoms with Crippen molar-refractivity contribution in [1.29, 1.82) is 0 Å². The van der Waals surface area contributed by atoms with Crippen LogP contribution in [0, 0.1) is 0 Å². The molecule has 0 aliphatic carbocycles. The fourth-order valence-corrected chi connectivity index (χ4v) is 3.81. The van der Waals surface area contributed by atoms with Crippen molar-refractivity contribution < 1.29 is 9.53 Å². The number of pyridine rings is 1. The molecule has 1 aliphatic rings. The summed E-state index contributed by atoms with van der Waals surface area (Å²) in [6, 6.07) is 4.80. The molecule has 2 amide bonds. The molecule has 0 spiro atoms. The molecule has 1 aliphatic heterocycles. The van der Waals surface area contributed by atoms with Crippen molar-refractivity contribution in [3.05, 3.63) is 50.6 Å². The third-order valence-corrected chi connectivity index (χ3v) is 5.13. The van der Waals surface area contributed by atoms with Crippen LogP contribution in [0.25, 0.3) is 0 Å². The number of nitrogens with one attached hydrogen (secondary N) is 2. The van der Waals surface area contributed by atoms with Crippen LogP contribution in [0.5, 0.6) is 0 Å². The highest BCUT2D eigenvalue weighted by atomic mass is 32.1. The lowest BCUT2D eigenvalue weighted by Crippen LogP contribution is -2.42. The van der Waals surface area contributed by atoms with Gasteiger partial charge in [0.25, 0.3) is 5.56 Å². The summed E-state index contributed by atoms with van der Waals surface area (Å²) in [7, 11) is 0. The van der Waals surface area contributed by atoms with Crippen molar-refractivity contribution in [3.63, 3.8) is 0 Å². The molecule has 0 saturated carbocycles. The van der Waals surface area contributed by atoms with E-state index in [2.05, 4.69) is 22.1 Å². The zero-order chi connectivity index (χ0) is 17.1. The lowest BCUT2D eigenvalue weighted by atomic mass is 10.0. The van der Waals surface area contributed by atoms with Crippen LogP contribution in [0.1, 0.15) is 30.4 Å². The minimum absolute atomic E-state index is 0.158. The van der Waals surface area contributed by atoms with Gasteiger partial charge in [0.15, 0.2) is 0 Å². The number of ether oxygens (including phenoxy) is 1. The highest BCUT2D eigenvalue weighted by Gasteiger charge is 2.28. The number of fused-ring (bicyclic) bond motifs is 1. The topological polar surface area (TPSA) is 72.4 Å². The van der Waals surface area contributed by atoms with Gasteiger partial charge in [-0.15, -0.1) is 11.3 Å². The van der Waals surface area contributed by atoms with Crippen molar-refractivity contribution in [2.24, 2.45) is 0 Å². The maximum atomic E-state index is 12.2. The lowest BCUT2D eigenvalue weighted by molar-refractivity contribution is 0.0238. The van der Waals surface area contributed by atoms with E-state index in [0.717, 1.165) is 12.0 Å². The first kappa shape index (κ1) is 16.7. The predicted octanol–water partition coefficient (Wildman–Crippen LogP) is 2.75. The van der Waals surface area contributed by atoms with Crippen molar-refractivity contribution in [2.45, 2.75) is 39.0 Å². The Balaban J connectivity index is 1.67. The van der Waals surface area contributed by atoms with E-state index >= 15 is 0 Å². The molecular formula is C17H21N3O3S. The predicted molar refractivity (Wildman–Crippen MR) is 94.7 cm³/mol. The smallest absolute Gasteiger partial charge is 0.319 e. The first-order valence-electron chi connectivity index (χ1n) is 8.05. The van der Waals surface area contributed by atoms with Crippen molar-refractivity contribution >= 4 is 23.1 Å². The molecule has 6 nitrogen and oxygen atoms in total.